The lowest BCUT2D eigenvalue weighted by Crippen LogP contribution is -2.12. The van der Waals surface area contributed by atoms with E-state index in [2.05, 4.69) is 0 Å². The molecular weight excluding hydrogens is 775 g/mol. The molecule has 10 heteroatoms. The van der Waals surface area contributed by atoms with Gasteiger partial charge in [-0.25, -0.2) is 0 Å². The van der Waals surface area contributed by atoms with Gasteiger partial charge < -0.3 is 18.0 Å². The number of para-hydroxylation sites is 4. The summed E-state index contributed by atoms with van der Waals surface area (Å²) < 4.78 is 107. The number of furan rings is 2. The van der Waals surface area contributed by atoms with E-state index in [1.54, 1.807) is 4.57 Å². The molecule has 4 aromatic heterocycles. The largest absolute Gasteiger partial charge is 0.454 e. The maximum absolute atomic E-state index is 15.7. The highest BCUT2D eigenvalue weighted by molar-refractivity contribution is 6.23. The van der Waals surface area contributed by atoms with Gasteiger partial charge in [-0.15, -0.1) is 0 Å². The van der Waals surface area contributed by atoms with E-state index < -0.39 is 29.0 Å². The van der Waals surface area contributed by atoms with E-state index in [0.717, 1.165) is 67.4 Å². The maximum atomic E-state index is 15.7. The predicted octanol–water partition coefficient (Wildman–Crippen LogP) is 15.4. The summed E-state index contributed by atoms with van der Waals surface area (Å²) in [5, 5.41) is 6.40. The molecule has 0 atom stereocenters. The average molecular weight is 801 g/mol. The molecule has 4 nitrogen and oxygen atoms in total. The summed E-state index contributed by atoms with van der Waals surface area (Å²) in [7, 11) is 0. The number of aromatic nitrogens is 2. The van der Waals surface area contributed by atoms with E-state index in [9.17, 15) is 13.2 Å². The van der Waals surface area contributed by atoms with E-state index in [1.165, 1.54) is 12.1 Å². The van der Waals surface area contributed by atoms with Gasteiger partial charge >= 0.3 is 12.4 Å². The van der Waals surface area contributed by atoms with Crippen molar-refractivity contribution in [2.24, 2.45) is 0 Å². The number of fused-ring (bicyclic) bond motifs is 14. The minimum Gasteiger partial charge on any atom is -0.454 e. The average Bonchev–Trinajstić information content (AvgIpc) is 4.00. The van der Waals surface area contributed by atoms with E-state index in [1.807, 2.05) is 126 Å². The fourth-order valence-corrected chi connectivity index (χ4v) is 9.23. The third kappa shape index (κ3) is 4.81. The molecule has 0 fully saturated rings. The number of alkyl halides is 6. The van der Waals surface area contributed by atoms with Gasteiger partial charge in [-0.1, -0.05) is 97.1 Å². The monoisotopic (exact) mass is 800 g/mol. The third-order valence-electron chi connectivity index (χ3n) is 11.8. The normalized spacial score (nSPS) is 12.8. The van der Waals surface area contributed by atoms with Crippen LogP contribution in [0.3, 0.4) is 0 Å². The van der Waals surface area contributed by atoms with Crippen LogP contribution in [0.1, 0.15) is 11.1 Å². The Bertz CT molecular complexity index is 3770. The van der Waals surface area contributed by atoms with Crippen LogP contribution in [0.25, 0.3) is 110 Å². The SMILES string of the molecule is FC(F)(F)c1cccc(-c2cc(-n3c4ccccc4c4ccc5c6ccccc6oc5c43)c(-n3c4ccccc4c4ccc5c6ccccc6oc5c43)cc2C(F)(F)F)c1. The van der Waals surface area contributed by atoms with Gasteiger partial charge in [0.15, 0.2) is 11.2 Å². The Kier molecular flexibility index (Phi) is 6.94. The van der Waals surface area contributed by atoms with Crippen molar-refractivity contribution in [3.63, 3.8) is 0 Å². The first-order valence-electron chi connectivity index (χ1n) is 19.1. The van der Waals surface area contributed by atoms with Crippen molar-refractivity contribution in [3.05, 3.63) is 169 Å². The van der Waals surface area contributed by atoms with Crippen LogP contribution < -0.4 is 0 Å². The molecule has 4 heterocycles. The molecule has 0 aliphatic rings. The van der Waals surface area contributed by atoms with Gasteiger partial charge in [0.1, 0.15) is 11.2 Å². The van der Waals surface area contributed by atoms with Crippen LogP contribution in [-0.2, 0) is 12.4 Å². The molecule has 8 aromatic carbocycles. The summed E-state index contributed by atoms with van der Waals surface area (Å²) in [6, 6.07) is 44.6. The molecule has 0 saturated heterocycles. The van der Waals surface area contributed by atoms with E-state index in [4.69, 9.17) is 8.83 Å². The number of hydrogen-bond acceptors (Lipinski definition) is 2. The summed E-state index contributed by atoms with van der Waals surface area (Å²) in [5.41, 5.74) is 2.24. The Hall–Kier alpha value is -7.46. The molecule has 12 aromatic rings. The minimum absolute atomic E-state index is 0.132. The van der Waals surface area contributed by atoms with Gasteiger partial charge in [0.05, 0.1) is 44.6 Å². The van der Waals surface area contributed by atoms with Gasteiger partial charge in [0, 0.05) is 43.1 Å². The van der Waals surface area contributed by atoms with Gasteiger partial charge in [-0.2, -0.15) is 26.3 Å². The highest BCUT2D eigenvalue weighted by Crippen LogP contribution is 2.48. The van der Waals surface area contributed by atoms with Gasteiger partial charge in [-0.3, -0.25) is 0 Å². The number of rotatable bonds is 3. The highest BCUT2D eigenvalue weighted by Gasteiger charge is 2.37. The standard InChI is InChI=1S/C50H26F6N2O2/c51-49(52,53)28-11-9-10-27(24-28)37-25-41(57-39-16-5-1-12-29(39)33-20-22-35-31-14-3-7-18-43(31)59-47(35)45(33)57)42(26-38(37)50(54,55)56)58-40-17-6-2-13-30(40)34-21-23-36-32-15-4-8-19-44(32)60-48(36)46(34)58/h1-26H. The van der Waals surface area contributed by atoms with Crippen LogP contribution in [0.2, 0.25) is 0 Å². The number of nitrogens with zero attached hydrogens (tertiary/aromatic N) is 2. The second-order valence-electron chi connectivity index (χ2n) is 15.0. The molecule has 0 saturated carbocycles. The number of benzene rings is 8. The molecule has 0 bridgehead atoms. The van der Waals surface area contributed by atoms with E-state index in [0.29, 0.717) is 44.4 Å². The molecule has 0 spiro atoms. The summed E-state index contributed by atoms with van der Waals surface area (Å²) in [6.07, 6.45) is -9.78. The molecule has 0 unspecified atom stereocenters. The Morgan fingerprint density at radius 1 is 0.383 bits per heavy atom. The fourth-order valence-electron chi connectivity index (χ4n) is 9.23. The van der Waals surface area contributed by atoms with Crippen molar-refractivity contribution in [2.75, 3.05) is 0 Å². The molecule has 12 rings (SSSR count). The second kappa shape index (κ2) is 12.0. The van der Waals surface area contributed by atoms with Crippen LogP contribution in [0, 0.1) is 0 Å². The number of hydrogen-bond donors (Lipinski definition) is 0. The Morgan fingerprint density at radius 2 is 0.850 bits per heavy atom. The Balaban J connectivity index is 1.32. The lowest BCUT2D eigenvalue weighted by atomic mass is 9.95. The lowest BCUT2D eigenvalue weighted by Gasteiger charge is -2.22. The quantitative estimate of drug-likeness (QED) is 0.167. The molecule has 0 aliphatic heterocycles. The minimum atomic E-state index is -4.99. The molecule has 0 aliphatic carbocycles. The zero-order valence-corrected chi connectivity index (χ0v) is 31.0. The number of halogens is 6. The van der Waals surface area contributed by atoms with Crippen molar-refractivity contribution in [2.45, 2.75) is 12.4 Å². The fraction of sp³-hybridized carbons (Fsp3) is 0.0400. The zero-order valence-electron chi connectivity index (χ0n) is 31.0. The molecule has 60 heavy (non-hydrogen) atoms. The maximum Gasteiger partial charge on any atom is 0.417 e. The summed E-state index contributed by atoms with van der Waals surface area (Å²) >= 11 is 0. The molecule has 290 valence electrons. The lowest BCUT2D eigenvalue weighted by molar-refractivity contribution is -0.137. The third-order valence-corrected chi connectivity index (χ3v) is 11.8. The topological polar surface area (TPSA) is 36.1 Å². The first-order chi connectivity index (χ1) is 29.0. The van der Waals surface area contributed by atoms with Gasteiger partial charge in [0.25, 0.3) is 0 Å². The molecule has 0 amide bonds. The second-order valence-corrected chi connectivity index (χ2v) is 15.0. The van der Waals surface area contributed by atoms with Gasteiger partial charge in [0.2, 0.25) is 0 Å². The molecule has 0 N–H and O–H groups in total. The van der Waals surface area contributed by atoms with Crippen molar-refractivity contribution in [1.82, 2.24) is 9.13 Å². The van der Waals surface area contributed by atoms with Crippen LogP contribution >= 0.6 is 0 Å². The first kappa shape index (κ1) is 34.6. The van der Waals surface area contributed by atoms with Crippen LogP contribution in [0.5, 0.6) is 0 Å². The van der Waals surface area contributed by atoms with E-state index in [-0.39, 0.29) is 16.9 Å². The van der Waals surface area contributed by atoms with Crippen molar-refractivity contribution in [3.8, 4) is 22.5 Å². The summed E-state index contributed by atoms with van der Waals surface area (Å²) in [5.74, 6) is 0. The Morgan fingerprint density at radius 3 is 1.37 bits per heavy atom. The smallest absolute Gasteiger partial charge is 0.417 e. The van der Waals surface area contributed by atoms with Crippen molar-refractivity contribution in [1.29, 1.82) is 0 Å². The first-order valence-corrected chi connectivity index (χ1v) is 19.1. The zero-order chi connectivity index (χ0) is 40.7. The molecule has 0 radical (unpaired) electrons. The summed E-state index contributed by atoms with van der Waals surface area (Å²) in [6.45, 7) is 0. The summed E-state index contributed by atoms with van der Waals surface area (Å²) in [4.78, 5) is 0. The highest BCUT2D eigenvalue weighted by atomic mass is 19.4. The van der Waals surface area contributed by atoms with Crippen molar-refractivity contribution >= 4 is 87.5 Å². The Labute approximate surface area is 334 Å². The van der Waals surface area contributed by atoms with Crippen LogP contribution in [0.15, 0.2) is 167 Å². The van der Waals surface area contributed by atoms with Crippen LogP contribution in [0.4, 0.5) is 26.3 Å². The predicted molar refractivity (Wildman–Crippen MR) is 225 cm³/mol. The van der Waals surface area contributed by atoms with Gasteiger partial charge in [-0.05, 0) is 71.8 Å². The van der Waals surface area contributed by atoms with Crippen molar-refractivity contribution < 1.29 is 35.2 Å². The van der Waals surface area contributed by atoms with Crippen LogP contribution in [-0.4, -0.2) is 9.13 Å². The van der Waals surface area contributed by atoms with E-state index >= 15 is 13.2 Å². The molecular formula is C50H26F6N2O2.